The fraction of sp³-hybridized carbons (Fsp3) is 0.750. The molecular formula is C4H7ClO4. The SMILES string of the molecule is O=C(O)C(O)C(O)CCl. The van der Waals surface area contributed by atoms with Gasteiger partial charge in [0.25, 0.3) is 0 Å². The van der Waals surface area contributed by atoms with E-state index in [1.807, 2.05) is 0 Å². The van der Waals surface area contributed by atoms with Crippen molar-refractivity contribution in [3.63, 3.8) is 0 Å². The van der Waals surface area contributed by atoms with E-state index in [9.17, 15) is 4.79 Å². The van der Waals surface area contributed by atoms with Crippen LogP contribution in [0.4, 0.5) is 0 Å². The molecule has 9 heavy (non-hydrogen) atoms. The molecule has 0 bridgehead atoms. The number of aliphatic carboxylic acids is 1. The lowest BCUT2D eigenvalue weighted by molar-refractivity contribution is -0.151. The largest absolute Gasteiger partial charge is 0.479 e. The van der Waals surface area contributed by atoms with Crippen LogP contribution in [0.15, 0.2) is 0 Å². The Labute approximate surface area is 56.7 Å². The number of carboxylic acid groups (broad SMARTS) is 1. The molecule has 0 aliphatic rings. The number of rotatable bonds is 3. The van der Waals surface area contributed by atoms with Gasteiger partial charge in [0.15, 0.2) is 6.10 Å². The highest BCUT2D eigenvalue weighted by molar-refractivity contribution is 6.18. The summed E-state index contributed by atoms with van der Waals surface area (Å²) in [5.74, 6) is -1.75. The van der Waals surface area contributed by atoms with E-state index in [1.54, 1.807) is 0 Å². The lowest BCUT2D eigenvalue weighted by Gasteiger charge is -2.08. The van der Waals surface area contributed by atoms with E-state index in [0.717, 1.165) is 0 Å². The van der Waals surface area contributed by atoms with Gasteiger partial charge in [-0.2, -0.15) is 0 Å². The minimum absolute atomic E-state index is 0.284. The maximum atomic E-state index is 9.83. The van der Waals surface area contributed by atoms with Crippen LogP contribution in [0.25, 0.3) is 0 Å². The molecule has 0 aliphatic heterocycles. The molecule has 5 heteroatoms. The van der Waals surface area contributed by atoms with Gasteiger partial charge in [0, 0.05) is 0 Å². The molecule has 2 unspecified atom stereocenters. The van der Waals surface area contributed by atoms with Crippen LogP contribution in [0.1, 0.15) is 0 Å². The van der Waals surface area contributed by atoms with E-state index in [-0.39, 0.29) is 5.88 Å². The van der Waals surface area contributed by atoms with Crippen LogP contribution in [-0.2, 0) is 4.79 Å². The Balaban J connectivity index is 3.72. The maximum absolute atomic E-state index is 9.83. The van der Waals surface area contributed by atoms with E-state index in [2.05, 4.69) is 0 Å². The Bertz CT molecular complexity index is 105. The zero-order valence-electron chi connectivity index (χ0n) is 4.49. The van der Waals surface area contributed by atoms with Crippen molar-refractivity contribution in [1.29, 1.82) is 0 Å². The van der Waals surface area contributed by atoms with Crippen molar-refractivity contribution in [2.24, 2.45) is 0 Å². The van der Waals surface area contributed by atoms with Gasteiger partial charge >= 0.3 is 5.97 Å². The number of hydrogen-bond acceptors (Lipinski definition) is 3. The highest BCUT2D eigenvalue weighted by Crippen LogP contribution is 1.95. The summed E-state index contributed by atoms with van der Waals surface area (Å²) in [4.78, 5) is 9.83. The van der Waals surface area contributed by atoms with Crippen LogP contribution in [-0.4, -0.2) is 39.4 Å². The Morgan fingerprint density at radius 1 is 1.56 bits per heavy atom. The van der Waals surface area contributed by atoms with Crippen molar-refractivity contribution in [3.05, 3.63) is 0 Å². The standard InChI is InChI=1S/C4H7ClO4/c5-1-2(6)3(7)4(8)9/h2-3,6-7H,1H2,(H,8,9). The van der Waals surface area contributed by atoms with Gasteiger partial charge in [0.05, 0.1) is 5.88 Å². The molecule has 54 valence electrons. The van der Waals surface area contributed by atoms with Gasteiger partial charge in [-0.1, -0.05) is 0 Å². The maximum Gasteiger partial charge on any atom is 0.335 e. The normalized spacial score (nSPS) is 16.8. The van der Waals surface area contributed by atoms with Crippen molar-refractivity contribution in [1.82, 2.24) is 0 Å². The van der Waals surface area contributed by atoms with Crippen molar-refractivity contribution in [2.45, 2.75) is 12.2 Å². The van der Waals surface area contributed by atoms with E-state index in [1.165, 1.54) is 0 Å². The zero-order chi connectivity index (χ0) is 7.44. The molecule has 0 amide bonds. The average molecular weight is 155 g/mol. The number of aliphatic hydroxyl groups excluding tert-OH is 2. The minimum Gasteiger partial charge on any atom is -0.479 e. The third kappa shape index (κ3) is 2.64. The predicted molar refractivity (Wildman–Crippen MR) is 30.4 cm³/mol. The molecule has 0 aromatic rings. The monoisotopic (exact) mass is 154 g/mol. The van der Waals surface area contributed by atoms with Gasteiger partial charge in [-0.3, -0.25) is 0 Å². The molecule has 0 aliphatic carbocycles. The fourth-order valence-electron chi connectivity index (χ4n) is 0.249. The van der Waals surface area contributed by atoms with Crippen molar-refractivity contribution < 1.29 is 20.1 Å². The van der Waals surface area contributed by atoms with Crippen LogP contribution in [0.5, 0.6) is 0 Å². The highest BCUT2D eigenvalue weighted by atomic mass is 35.5. The first-order valence-electron chi connectivity index (χ1n) is 2.24. The summed E-state index contributed by atoms with van der Waals surface area (Å²) >= 11 is 5.02. The molecule has 0 fully saturated rings. The van der Waals surface area contributed by atoms with Crippen molar-refractivity contribution in [2.75, 3.05) is 5.88 Å². The van der Waals surface area contributed by atoms with E-state index in [0.29, 0.717) is 0 Å². The van der Waals surface area contributed by atoms with Crippen LogP contribution in [0.2, 0.25) is 0 Å². The molecule has 4 nitrogen and oxygen atoms in total. The number of alkyl halides is 1. The summed E-state index contributed by atoms with van der Waals surface area (Å²) in [6.45, 7) is 0. The lowest BCUT2D eigenvalue weighted by atomic mass is 10.2. The van der Waals surface area contributed by atoms with Crippen molar-refractivity contribution in [3.8, 4) is 0 Å². The summed E-state index contributed by atoms with van der Waals surface area (Å²) in [7, 11) is 0. The van der Waals surface area contributed by atoms with Crippen LogP contribution >= 0.6 is 11.6 Å². The summed E-state index contributed by atoms with van der Waals surface area (Å²) < 4.78 is 0. The smallest absolute Gasteiger partial charge is 0.335 e. The van der Waals surface area contributed by atoms with Gasteiger partial charge in [0.2, 0.25) is 0 Å². The number of carbonyl (C=O) groups is 1. The summed E-state index contributed by atoms with van der Waals surface area (Å²) in [6, 6.07) is 0. The Morgan fingerprint density at radius 3 is 2.11 bits per heavy atom. The second kappa shape index (κ2) is 3.66. The van der Waals surface area contributed by atoms with Gasteiger partial charge in [-0.15, -0.1) is 11.6 Å². The predicted octanol–water partition coefficient (Wildman–Crippen LogP) is -0.968. The van der Waals surface area contributed by atoms with E-state index < -0.39 is 18.2 Å². The molecule has 0 spiro atoms. The van der Waals surface area contributed by atoms with Gasteiger partial charge in [-0.25, -0.2) is 4.79 Å². The molecule has 0 saturated carbocycles. The molecule has 0 aromatic carbocycles. The molecule has 0 rings (SSSR count). The quantitative estimate of drug-likeness (QED) is 0.457. The molecule has 0 radical (unpaired) electrons. The summed E-state index contributed by atoms with van der Waals surface area (Å²) in [5, 5.41) is 25.0. The molecule has 2 atom stereocenters. The van der Waals surface area contributed by atoms with Crippen molar-refractivity contribution >= 4 is 17.6 Å². The Kier molecular flexibility index (Phi) is 3.53. The zero-order valence-corrected chi connectivity index (χ0v) is 5.25. The molecule has 0 heterocycles. The van der Waals surface area contributed by atoms with Gasteiger partial charge < -0.3 is 15.3 Å². The highest BCUT2D eigenvalue weighted by Gasteiger charge is 2.21. The number of hydrogen-bond donors (Lipinski definition) is 3. The topological polar surface area (TPSA) is 77.8 Å². The first kappa shape index (κ1) is 8.68. The third-order valence-corrected chi connectivity index (χ3v) is 1.09. The second-order valence-electron chi connectivity index (χ2n) is 1.50. The first-order valence-corrected chi connectivity index (χ1v) is 2.78. The third-order valence-electron chi connectivity index (χ3n) is 0.776. The van der Waals surface area contributed by atoms with E-state index >= 15 is 0 Å². The minimum atomic E-state index is -1.78. The van der Waals surface area contributed by atoms with E-state index in [4.69, 9.17) is 26.9 Å². The number of halogens is 1. The summed E-state index contributed by atoms with van der Waals surface area (Å²) in [6.07, 6.45) is -3.16. The molecule has 0 saturated heterocycles. The second-order valence-corrected chi connectivity index (χ2v) is 1.81. The van der Waals surface area contributed by atoms with Gasteiger partial charge in [0.1, 0.15) is 6.10 Å². The lowest BCUT2D eigenvalue weighted by Crippen LogP contribution is -2.34. The molecular weight excluding hydrogens is 147 g/mol. The fourth-order valence-corrected chi connectivity index (χ4v) is 0.418. The van der Waals surface area contributed by atoms with Crippen LogP contribution < -0.4 is 0 Å². The van der Waals surface area contributed by atoms with Crippen LogP contribution in [0.3, 0.4) is 0 Å². The molecule has 0 aromatic heterocycles. The molecule has 3 N–H and O–H groups in total. The van der Waals surface area contributed by atoms with Gasteiger partial charge in [-0.05, 0) is 0 Å². The first-order chi connectivity index (χ1) is 4.09. The number of carboxylic acids is 1. The summed E-state index contributed by atoms with van der Waals surface area (Å²) in [5.41, 5.74) is 0. The Hall–Kier alpha value is -0.320. The Morgan fingerprint density at radius 2 is 2.00 bits per heavy atom. The average Bonchev–Trinajstić information content (AvgIpc) is 1.84. The van der Waals surface area contributed by atoms with Crippen LogP contribution in [0, 0.1) is 0 Å². The number of aliphatic hydroxyl groups is 2.